The summed E-state index contributed by atoms with van der Waals surface area (Å²) < 4.78 is 11.4. The molecule has 0 aromatic heterocycles. The van der Waals surface area contributed by atoms with Crippen LogP contribution < -0.4 is 0 Å². The molecule has 0 saturated carbocycles. The van der Waals surface area contributed by atoms with Crippen molar-refractivity contribution in [2.24, 2.45) is 5.92 Å². The monoisotopic (exact) mass is 230 g/mol. The molecule has 2 nitrogen and oxygen atoms in total. The van der Waals surface area contributed by atoms with E-state index in [2.05, 4.69) is 48.5 Å². The van der Waals surface area contributed by atoms with E-state index in [0.29, 0.717) is 5.92 Å². The fraction of sp³-hybridized carbons (Fsp3) is 1.00. The topological polar surface area (TPSA) is 18.5 Å². The molecule has 0 N–H and O–H groups in total. The standard InChI is InChI=1S/C14H30O2/c1-12(11-16-14(5,6)7)9-8-10-15-13(2,3)4/h12H,8-11H2,1-7H3. The molecule has 98 valence electrons. The summed E-state index contributed by atoms with van der Waals surface area (Å²) in [6.07, 6.45) is 2.29. The fourth-order valence-corrected chi connectivity index (χ4v) is 1.29. The van der Waals surface area contributed by atoms with E-state index in [4.69, 9.17) is 9.47 Å². The Morgan fingerprint density at radius 2 is 1.38 bits per heavy atom. The van der Waals surface area contributed by atoms with Crippen LogP contribution in [0.15, 0.2) is 0 Å². The second-order valence-electron chi connectivity index (χ2n) is 6.63. The molecule has 0 aromatic rings. The molecule has 0 rings (SSSR count). The van der Waals surface area contributed by atoms with Gasteiger partial charge in [0.15, 0.2) is 0 Å². The maximum atomic E-state index is 5.75. The van der Waals surface area contributed by atoms with Gasteiger partial charge in [-0.2, -0.15) is 0 Å². The highest BCUT2D eigenvalue weighted by Crippen LogP contribution is 2.14. The first-order valence-corrected chi connectivity index (χ1v) is 6.38. The van der Waals surface area contributed by atoms with Crippen molar-refractivity contribution in [2.45, 2.75) is 72.5 Å². The quantitative estimate of drug-likeness (QED) is 0.641. The van der Waals surface area contributed by atoms with E-state index in [1.165, 1.54) is 6.42 Å². The van der Waals surface area contributed by atoms with E-state index in [1.807, 2.05) is 0 Å². The summed E-state index contributed by atoms with van der Waals surface area (Å²) >= 11 is 0. The van der Waals surface area contributed by atoms with Crippen molar-refractivity contribution in [2.75, 3.05) is 13.2 Å². The van der Waals surface area contributed by atoms with Crippen LogP contribution in [0.25, 0.3) is 0 Å². The second-order valence-corrected chi connectivity index (χ2v) is 6.63. The van der Waals surface area contributed by atoms with Crippen molar-refractivity contribution in [3.8, 4) is 0 Å². The molecular weight excluding hydrogens is 200 g/mol. The first kappa shape index (κ1) is 15.9. The van der Waals surface area contributed by atoms with Gasteiger partial charge in [-0.1, -0.05) is 6.92 Å². The van der Waals surface area contributed by atoms with Crippen molar-refractivity contribution in [1.29, 1.82) is 0 Å². The molecule has 0 saturated heterocycles. The largest absolute Gasteiger partial charge is 0.376 e. The lowest BCUT2D eigenvalue weighted by Crippen LogP contribution is -2.23. The van der Waals surface area contributed by atoms with E-state index in [0.717, 1.165) is 19.6 Å². The SMILES string of the molecule is CC(CCCOC(C)(C)C)COC(C)(C)C. The summed E-state index contributed by atoms with van der Waals surface area (Å²) in [4.78, 5) is 0. The normalized spacial score (nSPS) is 15.2. The van der Waals surface area contributed by atoms with Crippen LogP contribution in [0.2, 0.25) is 0 Å². The smallest absolute Gasteiger partial charge is 0.0598 e. The van der Waals surface area contributed by atoms with Gasteiger partial charge in [0.1, 0.15) is 0 Å². The summed E-state index contributed by atoms with van der Waals surface area (Å²) in [5, 5.41) is 0. The molecule has 0 aliphatic heterocycles. The van der Waals surface area contributed by atoms with Gasteiger partial charge in [0.05, 0.1) is 11.2 Å². The van der Waals surface area contributed by atoms with E-state index in [1.54, 1.807) is 0 Å². The molecule has 0 heterocycles. The van der Waals surface area contributed by atoms with Gasteiger partial charge in [-0.15, -0.1) is 0 Å². The van der Waals surface area contributed by atoms with Crippen molar-refractivity contribution in [3.05, 3.63) is 0 Å². The summed E-state index contributed by atoms with van der Waals surface area (Å²) in [5.74, 6) is 0.614. The number of hydrogen-bond donors (Lipinski definition) is 0. The highest BCUT2D eigenvalue weighted by atomic mass is 16.5. The van der Waals surface area contributed by atoms with Gasteiger partial charge in [-0.05, 0) is 60.3 Å². The lowest BCUT2D eigenvalue weighted by molar-refractivity contribution is -0.0272. The summed E-state index contributed by atoms with van der Waals surface area (Å²) in [7, 11) is 0. The maximum absolute atomic E-state index is 5.75. The Labute approximate surface area is 102 Å². The minimum atomic E-state index is -0.0177. The van der Waals surface area contributed by atoms with Crippen molar-refractivity contribution in [1.82, 2.24) is 0 Å². The zero-order chi connectivity index (χ0) is 12.8. The number of hydrogen-bond acceptors (Lipinski definition) is 2. The predicted octanol–water partition coefficient (Wildman–Crippen LogP) is 4.03. The zero-order valence-corrected chi connectivity index (χ0v) is 12.2. The van der Waals surface area contributed by atoms with E-state index < -0.39 is 0 Å². The van der Waals surface area contributed by atoms with Crippen LogP contribution in [0, 0.1) is 5.92 Å². The minimum Gasteiger partial charge on any atom is -0.376 e. The number of ether oxygens (including phenoxy) is 2. The van der Waals surface area contributed by atoms with Crippen LogP contribution >= 0.6 is 0 Å². The Balaban J connectivity index is 3.48. The Morgan fingerprint density at radius 3 is 1.81 bits per heavy atom. The molecule has 1 atom stereocenters. The van der Waals surface area contributed by atoms with Gasteiger partial charge in [-0.3, -0.25) is 0 Å². The Kier molecular flexibility index (Phi) is 6.57. The van der Waals surface area contributed by atoms with Crippen LogP contribution in [-0.2, 0) is 9.47 Å². The van der Waals surface area contributed by atoms with Crippen LogP contribution in [0.4, 0.5) is 0 Å². The minimum absolute atomic E-state index is 0.00878. The van der Waals surface area contributed by atoms with Crippen LogP contribution in [0.5, 0.6) is 0 Å². The van der Waals surface area contributed by atoms with Gasteiger partial charge in [0.2, 0.25) is 0 Å². The third kappa shape index (κ3) is 12.0. The third-order valence-electron chi connectivity index (χ3n) is 2.18. The van der Waals surface area contributed by atoms with Gasteiger partial charge < -0.3 is 9.47 Å². The molecule has 0 aromatic carbocycles. The average molecular weight is 230 g/mol. The first-order valence-electron chi connectivity index (χ1n) is 6.38. The first-order chi connectivity index (χ1) is 7.10. The lowest BCUT2D eigenvalue weighted by atomic mass is 10.1. The van der Waals surface area contributed by atoms with Crippen LogP contribution in [0.3, 0.4) is 0 Å². The average Bonchev–Trinajstić information content (AvgIpc) is 2.06. The second kappa shape index (κ2) is 6.61. The zero-order valence-electron chi connectivity index (χ0n) is 12.2. The Hall–Kier alpha value is -0.0800. The van der Waals surface area contributed by atoms with Gasteiger partial charge in [0.25, 0.3) is 0 Å². The molecule has 0 aliphatic carbocycles. The molecule has 0 radical (unpaired) electrons. The van der Waals surface area contributed by atoms with Gasteiger partial charge in [0, 0.05) is 13.2 Å². The summed E-state index contributed by atoms with van der Waals surface area (Å²) in [6.45, 7) is 16.5. The molecule has 2 heteroatoms. The molecular formula is C14H30O2. The van der Waals surface area contributed by atoms with E-state index in [9.17, 15) is 0 Å². The third-order valence-corrected chi connectivity index (χ3v) is 2.18. The molecule has 0 amide bonds. The molecule has 16 heavy (non-hydrogen) atoms. The van der Waals surface area contributed by atoms with Gasteiger partial charge in [-0.25, -0.2) is 0 Å². The maximum Gasteiger partial charge on any atom is 0.0598 e. The number of rotatable bonds is 6. The van der Waals surface area contributed by atoms with Gasteiger partial charge >= 0.3 is 0 Å². The molecule has 0 aliphatic rings. The van der Waals surface area contributed by atoms with Crippen molar-refractivity contribution >= 4 is 0 Å². The van der Waals surface area contributed by atoms with Crippen molar-refractivity contribution in [3.63, 3.8) is 0 Å². The highest BCUT2D eigenvalue weighted by Gasteiger charge is 2.13. The van der Waals surface area contributed by atoms with Crippen LogP contribution in [0.1, 0.15) is 61.3 Å². The van der Waals surface area contributed by atoms with Crippen LogP contribution in [-0.4, -0.2) is 24.4 Å². The lowest BCUT2D eigenvalue weighted by Gasteiger charge is -2.23. The summed E-state index contributed by atoms with van der Waals surface area (Å²) in [5.41, 5.74) is -0.0265. The Bertz CT molecular complexity index is 174. The highest BCUT2D eigenvalue weighted by molar-refractivity contribution is 4.62. The molecule has 1 unspecified atom stereocenters. The predicted molar refractivity (Wildman–Crippen MR) is 69.8 cm³/mol. The molecule has 0 bridgehead atoms. The Morgan fingerprint density at radius 1 is 0.875 bits per heavy atom. The van der Waals surface area contributed by atoms with E-state index >= 15 is 0 Å². The van der Waals surface area contributed by atoms with Crippen molar-refractivity contribution < 1.29 is 9.47 Å². The molecule has 0 fully saturated rings. The fourth-order valence-electron chi connectivity index (χ4n) is 1.29. The summed E-state index contributed by atoms with van der Waals surface area (Å²) in [6, 6.07) is 0. The van der Waals surface area contributed by atoms with E-state index in [-0.39, 0.29) is 11.2 Å². The molecule has 0 spiro atoms.